The molecule has 4 aromatic rings. The molecule has 26 heavy (non-hydrogen) atoms. The first-order valence-electron chi connectivity index (χ1n) is 8.01. The van der Waals surface area contributed by atoms with E-state index in [9.17, 15) is 4.79 Å². The fraction of sp³-hybridized carbons (Fsp3) is 0.105. The van der Waals surface area contributed by atoms with Crippen LogP contribution in [-0.2, 0) is 0 Å². The second-order valence-corrected chi connectivity index (χ2v) is 6.69. The van der Waals surface area contributed by atoms with Crippen LogP contribution in [0, 0.1) is 6.92 Å². The van der Waals surface area contributed by atoms with Crippen LogP contribution in [0.1, 0.15) is 16.2 Å². The Morgan fingerprint density at radius 1 is 1.19 bits per heavy atom. The molecule has 1 aromatic carbocycles. The van der Waals surface area contributed by atoms with Gasteiger partial charge in [-0.1, -0.05) is 6.07 Å². The number of aromatic nitrogens is 3. The minimum atomic E-state index is -0.264. The summed E-state index contributed by atoms with van der Waals surface area (Å²) in [6.07, 6.45) is 0. The maximum atomic E-state index is 12.6. The second-order valence-electron chi connectivity index (χ2n) is 5.74. The lowest BCUT2D eigenvalue weighted by Gasteiger charge is -2.07. The van der Waals surface area contributed by atoms with E-state index in [1.807, 2.05) is 30.5 Å². The van der Waals surface area contributed by atoms with Crippen molar-refractivity contribution in [2.24, 2.45) is 0 Å². The number of rotatable bonds is 4. The van der Waals surface area contributed by atoms with Crippen LogP contribution in [0.2, 0.25) is 0 Å². The molecule has 0 spiro atoms. The highest BCUT2D eigenvalue weighted by Crippen LogP contribution is 2.24. The Morgan fingerprint density at radius 3 is 2.69 bits per heavy atom. The highest BCUT2D eigenvalue weighted by atomic mass is 32.1. The highest BCUT2D eigenvalue weighted by molar-refractivity contribution is 7.13. The number of carbonyl (C=O) groups is 1. The van der Waals surface area contributed by atoms with Crippen LogP contribution >= 0.6 is 11.3 Å². The summed E-state index contributed by atoms with van der Waals surface area (Å²) in [6, 6.07) is 14.8. The van der Waals surface area contributed by atoms with Crippen LogP contribution in [-0.4, -0.2) is 27.6 Å². The van der Waals surface area contributed by atoms with Gasteiger partial charge in [0.2, 0.25) is 0 Å². The van der Waals surface area contributed by atoms with Crippen LogP contribution in [0.4, 0.5) is 5.69 Å². The zero-order valence-electron chi connectivity index (χ0n) is 14.3. The van der Waals surface area contributed by atoms with Gasteiger partial charge in [0, 0.05) is 17.4 Å². The molecule has 0 bridgehead atoms. The molecule has 3 heterocycles. The Labute approximate surface area is 154 Å². The third-order valence-electron chi connectivity index (χ3n) is 3.96. The summed E-state index contributed by atoms with van der Waals surface area (Å²) < 4.78 is 6.87. The number of hydrogen-bond donors (Lipinski definition) is 1. The number of amides is 1. The van der Waals surface area contributed by atoms with Gasteiger partial charge in [0.05, 0.1) is 12.0 Å². The average molecular weight is 364 g/mol. The molecule has 0 aliphatic rings. The third-order valence-corrected chi connectivity index (χ3v) is 4.85. The van der Waals surface area contributed by atoms with E-state index >= 15 is 0 Å². The van der Waals surface area contributed by atoms with Crippen LogP contribution in [0.25, 0.3) is 16.2 Å². The van der Waals surface area contributed by atoms with Gasteiger partial charge in [-0.3, -0.25) is 4.79 Å². The second kappa shape index (κ2) is 6.61. The van der Waals surface area contributed by atoms with Crippen molar-refractivity contribution in [3.8, 4) is 16.3 Å². The molecular formula is C19H16N4O2S. The SMILES string of the molecule is COc1ccc(NC(=O)c2cc(C)n3nc(-c4cccs4)cc3n2)cc1. The van der Waals surface area contributed by atoms with Crippen molar-refractivity contribution < 1.29 is 9.53 Å². The highest BCUT2D eigenvalue weighted by Gasteiger charge is 2.14. The minimum absolute atomic E-state index is 0.264. The number of benzene rings is 1. The fourth-order valence-electron chi connectivity index (χ4n) is 2.66. The van der Waals surface area contributed by atoms with E-state index in [2.05, 4.69) is 15.4 Å². The van der Waals surface area contributed by atoms with E-state index in [1.54, 1.807) is 53.3 Å². The van der Waals surface area contributed by atoms with Gasteiger partial charge in [-0.2, -0.15) is 5.10 Å². The first kappa shape index (κ1) is 16.3. The zero-order chi connectivity index (χ0) is 18.1. The van der Waals surface area contributed by atoms with Gasteiger partial charge in [0.1, 0.15) is 17.1 Å². The molecule has 3 aromatic heterocycles. The molecule has 4 rings (SSSR count). The molecule has 0 aliphatic heterocycles. The number of nitrogens with zero attached hydrogens (tertiary/aromatic N) is 3. The lowest BCUT2D eigenvalue weighted by Crippen LogP contribution is -2.15. The maximum Gasteiger partial charge on any atom is 0.274 e. The molecule has 0 aliphatic carbocycles. The molecule has 0 saturated carbocycles. The van der Waals surface area contributed by atoms with Crippen LogP contribution in [0.5, 0.6) is 5.75 Å². The van der Waals surface area contributed by atoms with E-state index in [-0.39, 0.29) is 5.91 Å². The quantitative estimate of drug-likeness (QED) is 0.594. The molecule has 1 amide bonds. The van der Waals surface area contributed by atoms with Crippen molar-refractivity contribution in [2.75, 3.05) is 12.4 Å². The Hall–Kier alpha value is -3.19. The number of hydrogen-bond acceptors (Lipinski definition) is 5. The van der Waals surface area contributed by atoms with E-state index < -0.39 is 0 Å². The van der Waals surface area contributed by atoms with Gasteiger partial charge in [-0.05, 0) is 48.7 Å². The lowest BCUT2D eigenvalue weighted by atomic mass is 10.2. The van der Waals surface area contributed by atoms with Gasteiger partial charge in [-0.25, -0.2) is 9.50 Å². The summed E-state index contributed by atoms with van der Waals surface area (Å²) >= 11 is 1.62. The number of carbonyl (C=O) groups excluding carboxylic acids is 1. The van der Waals surface area contributed by atoms with E-state index in [4.69, 9.17) is 4.74 Å². The topological polar surface area (TPSA) is 68.5 Å². The van der Waals surface area contributed by atoms with Gasteiger partial charge < -0.3 is 10.1 Å². The van der Waals surface area contributed by atoms with Crippen molar-refractivity contribution in [2.45, 2.75) is 6.92 Å². The Morgan fingerprint density at radius 2 is 2.00 bits per heavy atom. The predicted octanol–water partition coefficient (Wildman–Crippen LogP) is 4.03. The number of thiophene rings is 1. The van der Waals surface area contributed by atoms with Gasteiger partial charge >= 0.3 is 0 Å². The predicted molar refractivity (Wildman–Crippen MR) is 102 cm³/mol. The molecule has 130 valence electrons. The monoisotopic (exact) mass is 364 g/mol. The molecule has 7 heteroatoms. The molecule has 1 N–H and O–H groups in total. The number of anilines is 1. The zero-order valence-corrected chi connectivity index (χ0v) is 15.1. The molecule has 0 atom stereocenters. The number of ether oxygens (including phenoxy) is 1. The standard InChI is InChI=1S/C19H16N4O2S/c1-12-10-16(19(24)20-13-5-7-14(25-2)8-6-13)21-18-11-15(22-23(12)18)17-4-3-9-26-17/h3-11H,1-2H3,(H,20,24). The fourth-order valence-corrected chi connectivity index (χ4v) is 3.34. The Balaban J connectivity index is 1.64. The number of aryl methyl sites for hydroxylation is 1. The van der Waals surface area contributed by atoms with E-state index in [0.29, 0.717) is 17.0 Å². The third kappa shape index (κ3) is 3.04. The van der Waals surface area contributed by atoms with Crippen molar-refractivity contribution in [3.63, 3.8) is 0 Å². The summed E-state index contributed by atoms with van der Waals surface area (Å²) in [6.45, 7) is 1.91. The van der Waals surface area contributed by atoms with Crippen molar-refractivity contribution in [1.82, 2.24) is 14.6 Å². The van der Waals surface area contributed by atoms with Crippen molar-refractivity contribution in [3.05, 3.63) is 65.3 Å². The van der Waals surface area contributed by atoms with Crippen molar-refractivity contribution in [1.29, 1.82) is 0 Å². The summed E-state index contributed by atoms with van der Waals surface area (Å²) in [5, 5.41) is 9.44. The molecule has 0 unspecified atom stereocenters. The van der Waals surface area contributed by atoms with Crippen LogP contribution < -0.4 is 10.1 Å². The maximum absolute atomic E-state index is 12.6. The Bertz CT molecular complexity index is 1070. The first-order chi connectivity index (χ1) is 12.6. The van der Waals surface area contributed by atoms with E-state index in [1.165, 1.54) is 0 Å². The molecule has 0 saturated heterocycles. The normalized spacial score (nSPS) is 10.8. The average Bonchev–Trinajstić information content (AvgIpc) is 3.31. The molecule has 0 fully saturated rings. The number of fused-ring (bicyclic) bond motifs is 1. The minimum Gasteiger partial charge on any atom is -0.497 e. The number of methoxy groups -OCH3 is 1. The molecular weight excluding hydrogens is 348 g/mol. The summed E-state index contributed by atoms with van der Waals surface area (Å²) in [4.78, 5) is 18.1. The summed E-state index contributed by atoms with van der Waals surface area (Å²) in [5.74, 6) is 0.471. The largest absolute Gasteiger partial charge is 0.497 e. The summed E-state index contributed by atoms with van der Waals surface area (Å²) in [5.41, 5.74) is 3.38. The van der Waals surface area contributed by atoms with Gasteiger partial charge in [0.15, 0.2) is 5.65 Å². The van der Waals surface area contributed by atoms with E-state index in [0.717, 1.165) is 22.0 Å². The van der Waals surface area contributed by atoms with Gasteiger partial charge in [-0.15, -0.1) is 11.3 Å². The molecule has 6 nitrogen and oxygen atoms in total. The summed E-state index contributed by atoms with van der Waals surface area (Å²) in [7, 11) is 1.60. The Kier molecular flexibility index (Phi) is 4.14. The smallest absolute Gasteiger partial charge is 0.274 e. The van der Waals surface area contributed by atoms with Crippen LogP contribution in [0.15, 0.2) is 53.9 Å². The number of nitrogens with one attached hydrogen (secondary N) is 1. The van der Waals surface area contributed by atoms with Crippen LogP contribution in [0.3, 0.4) is 0 Å². The first-order valence-corrected chi connectivity index (χ1v) is 8.89. The van der Waals surface area contributed by atoms with Crippen molar-refractivity contribution >= 4 is 28.6 Å². The molecule has 0 radical (unpaired) electrons. The lowest BCUT2D eigenvalue weighted by molar-refractivity contribution is 0.102. The van der Waals surface area contributed by atoms with Gasteiger partial charge in [0.25, 0.3) is 5.91 Å².